The summed E-state index contributed by atoms with van der Waals surface area (Å²) in [5, 5.41) is 20.6. The Morgan fingerprint density at radius 3 is 2.56 bits per heavy atom. The number of benzene rings is 1. The first-order valence-electron chi connectivity index (χ1n) is 16.3. The van der Waals surface area contributed by atoms with Crippen molar-refractivity contribution in [1.29, 1.82) is 0 Å². The number of ether oxygens (including phenoxy) is 2. The van der Waals surface area contributed by atoms with E-state index in [1.165, 1.54) is 36.5 Å². The lowest BCUT2D eigenvalue weighted by Crippen LogP contribution is -2.55. The maximum absolute atomic E-state index is 13.4. The third-order valence-electron chi connectivity index (χ3n) is 8.29. The molecular weight excluding hydrogens is 733 g/mol. The van der Waals surface area contributed by atoms with Gasteiger partial charge in [-0.2, -0.15) is 0 Å². The summed E-state index contributed by atoms with van der Waals surface area (Å²) in [4.78, 5) is 80.8. The van der Waals surface area contributed by atoms with E-state index in [0.29, 0.717) is 27.1 Å². The molecule has 0 aliphatic carbocycles. The van der Waals surface area contributed by atoms with Crippen molar-refractivity contribution in [1.82, 2.24) is 20.9 Å². The number of aromatic nitrogens is 1. The number of ketones is 1. The molecule has 52 heavy (non-hydrogen) atoms. The maximum atomic E-state index is 13.4. The zero-order valence-corrected chi connectivity index (χ0v) is 31.2. The smallest absolute Gasteiger partial charge is 0.407 e. The van der Waals surface area contributed by atoms with Crippen LogP contribution < -0.4 is 16.0 Å². The minimum Gasteiger partial charge on any atom is -0.448 e. The SMILES string of the molecule is C/C1=C\[C@@H](OC(=O)CNC(=O)CCNC(=O)OCc2ccccc2)C(=O)/C=C/C=C\c2csc(n2)[C@H](C)NC(=O)C[C@@]2(CC1)S(=O)SC(=O)[C@]2(C)O. The Morgan fingerprint density at radius 1 is 1.12 bits per heavy atom. The molecule has 1 aromatic carbocycles. The van der Waals surface area contributed by atoms with Gasteiger partial charge in [0, 0.05) is 35.6 Å². The highest BCUT2D eigenvalue weighted by Gasteiger charge is 2.63. The van der Waals surface area contributed by atoms with E-state index in [2.05, 4.69) is 20.9 Å². The van der Waals surface area contributed by atoms with E-state index >= 15 is 0 Å². The molecule has 0 saturated carbocycles. The van der Waals surface area contributed by atoms with Crippen LogP contribution in [0.2, 0.25) is 0 Å². The Kier molecular flexibility index (Phi) is 14.2. The number of hydrogen-bond acceptors (Lipinski definition) is 13. The monoisotopic (exact) mass is 772 g/mol. The number of alkyl carbamates (subject to hydrolysis) is 1. The highest BCUT2D eigenvalue weighted by molar-refractivity contribution is 8.76. The number of carbonyl (C=O) groups excluding carboxylic acids is 6. The van der Waals surface area contributed by atoms with Gasteiger partial charge in [-0.1, -0.05) is 48.1 Å². The predicted octanol–water partition coefficient (Wildman–Crippen LogP) is 3.36. The van der Waals surface area contributed by atoms with Crippen molar-refractivity contribution < 1.29 is 47.6 Å². The van der Waals surface area contributed by atoms with Gasteiger partial charge < -0.3 is 30.5 Å². The van der Waals surface area contributed by atoms with Gasteiger partial charge in [0.25, 0.3) is 0 Å². The number of esters is 1. The molecule has 1 unspecified atom stereocenters. The summed E-state index contributed by atoms with van der Waals surface area (Å²) in [6.45, 7) is 4.06. The summed E-state index contributed by atoms with van der Waals surface area (Å²) in [6, 6.07) is 8.54. The number of nitrogens with one attached hydrogen (secondary N) is 3. The molecule has 1 saturated heterocycles. The highest BCUT2D eigenvalue weighted by atomic mass is 33.1. The molecule has 3 heterocycles. The van der Waals surface area contributed by atoms with Crippen molar-refractivity contribution in [3.63, 3.8) is 0 Å². The molecule has 17 heteroatoms. The van der Waals surface area contributed by atoms with E-state index in [0.717, 1.165) is 5.56 Å². The standard InChI is InChI=1S/C35H40N4O10S3/c1-22-13-15-35(34(3,46)32(44)51-52(35)47)18-29(42)38-23(2)31-39-25(21-50-31)11-7-8-12-26(40)27(17-22)49-30(43)19-37-28(41)14-16-36-33(45)48-20-24-9-5-4-6-10-24/h4-12,17,21,23,27,46H,13-16,18-20H2,1-3H3,(H,36,45)(H,37,41)(H,38,42)/b11-7-,12-8+,22-17+/t23-,27+,34-,35+,52?/m0/s1. The lowest BCUT2D eigenvalue weighted by atomic mass is 9.81. The number of nitrogens with zero attached hydrogens (tertiary/aromatic N) is 1. The first-order valence-corrected chi connectivity index (χ1v) is 19.6. The van der Waals surface area contributed by atoms with Crippen LogP contribution >= 0.6 is 22.1 Å². The average Bonchev–Trinajstić information content (AvgIpc) is 3.64. The van der Waals surface area contributed by atoms with Gasteiger partial charge in [-0.25, -0.2) is 14.0 Å². The van der Waals surface area contributed by atoms with Crippen molar-refractivity contribution in [3.05, 3.63) is 81.9 Å². The van der Waals surface area contributed by atoms with Crippen LogP contribution in [-0.2, 0) is 49.9 Å². The molecule has 14 nitrogen and oxygen atoms in total. The van der Waals surface area contributed by atoms with E-state index in [1.807, 2.05) is 18.2 Å². The van der Waals surface area contributed by atoms with Crippen LogP contribution in [0.5, 0.6) is 0 Å². The van der Waals surface area contributed by atoms with Gasteiger partial charge >= 0.3 is 12.1 Å². The maximum Gasteiger partial charge on any atom is 0.407 e. The zero-order valence-electron chi connectivity index (χ0n) is 28.7. The van der Waals surface area contributed by atoms with Gasteiger partial charge in [0.2, 0.25) is 16.9 Å². The van der Waals surface area contributed by atoms with Crippen LogP contribution in [0.4, 0.5) is 4.79 Å². The Hall–Kier alpha value is -4.45. The molecule has 4 rings (SSSR count). The molecule has 278 valence electrons. The first kappa shape index (κ1) is 40.3. The van der Waals surface area contributed by atoms with Crippen molar-refractivity contribution in [2.24, 2.45) is 0 Å². The molecule has 0 radical (unpaired) electrons. The molecule has 2 aliphatic heterocycles. The number of allylic oxidation sites excluding steroid dienone is 3. The summed E-state index contributed by atoms with van der Waals surface area (Å²) in [7, 11) is -1.51. The van der Waals surface area contributed by atoms with Gasteiger partial charge in [-0.15, -0.1) is 11.3 Å². The first-order chi connectivity index (χ1) is 24.7. The van der Waals surface area contributed by atoms with Crippen molar-refractivity contribution in [3.8, 4) is 0 Å². The minimum atomic E-state index is -2.11. The molecule has 1 aromatic heterocycles. The van der Waals surface area contributed by atoms with Gasteiger partial charge in [0.1, 0.15) is 28.5 Å². The lowest BCUT2D eigenvalue weighted by Gasteiger charge is -2.36. The third kappa shape index (κ3) is 10.8. The van der Waals surface area contributed by atoms with Crippen LogP contribution in [0.3, 0.4) is 0 Å². The normalized spacial score (nSPS) is 27.7. The third-order valence-corrected chi connectivity index (χ3v) is 13.3. The van der Waals surface area contributed by atoms with Crippen LogP contribution in [0.1, 0.15) is 68.8 Å². The van der Waals surface area contributed by atoms with Crippen LogP contribution in [0, 0.1) is 0 Å². The Balaban J connectivity index is 1.43. The summed E-state index contributed by atoms with van der Waals surface area (Å²) in [5.74, 6) is -2.62. The Morgan fingerprint density at radius 2 is 1.85 bits per heavy atom. The average molecular weight is 773 g/mol. The second kappa shape index (κ2) is 18.3. The summed E-state index contributed by atoms with van der Waals surface area (Å²) in [5.41, 5.74) is -0.255. The van der Waals surface area contributed by atoms with Gasteiger partial charge in [-0.05, 0) is 57.4 Å². The quantitative estimate of drug-likeness (QED) is 0.173. The minimum absolute atomic E-state index is 0.0535. The number of carbonyl (C=O) groups is 6. The molecule has 3 amide bonds. The van der Waals surface area contributed by atoms with E-state index in [4.69, 9.17) is 9.47 Å². The molecule has 2 bridgehead atoms. The fourth-order valence-electron chi connectivity index (χ4n) is 5.22. The van der Waals surface area contributed by atoms with Crippen LogP contribution in [0.25, 0.3) is 6.08 Å². The summed E-state index contributed by atoms with van der Waals surface area (Å²) < 4.78 is 22.3. The largest absolute Gasteiger partial charge is 0.448 e. The Labute approximate surface area is 310 Å². The number of rotatable bonds is 8. The second-order valence-corrected chi connectivity index (χ2v) is 16.4. The van der Waals surface area contributed by atoms with Crippen LogP contribution in [0.15, 0.2) is 65.6 Å². The molecule has 4 N–H and O–H groups in total. The molecule has 5 atom stereocenters. The number of fused-ring (bicyclic) bond motifs is 2. The highest BCUT2D eigenvalue weighted by Crippen LogP contribution is 2.50. The van der Waals surface area contributed by atoms with E-state index in [9.17, 15) is 38.1 Å². The molecule has 1 fully saturated rings. The fourth-order valence-corrected chi connectivity index (χ4v) is 9.96. The molecule has 2 aliphatic rings. The second-order valence-electron chi connectivity index (χ2n) is 12.3. The zero-order chi connectivity index (χ0) is 37.9. The van der Waals surface area contributed by atoms with Crippen molar-refractivity contribution in [2.45, 2.75) is 75.6 Å². The van der Waals surface area contributed by atoms with Gasteiger partial charge in [0.05, 0.1) is 21.6 Å². The lowest BCUT2D eigenvalue weighted by molar-refractivity contribution is -0.150. The summed E-state index contributed by atoms with van der Waals surface area (Å²) in [6.07, 6.45) is 4.57. The van der Waals surface area contributed by atoms with Crippen LogP contribution in [-0.4, -0.2) is 78.6 Å². The summed E-state index contributed by atoms with van der Waals surface area (Å²) >= 11 is 1.30. The predicted molar refractivity (Wildman–Crippen MR) is 196 cm³/mol. The van der Waals surface area contributed by atoms with E-state index in [-0.39, 0.29) is 32.4 Å². The fraction of sp³-hybridized carbons (Fsp3) is 0.400. The van der Waals surface area contributed by atoms with Crippen molar-refractivity contribution in [2.75, 3.05) is 13.1 Å². The number of hydrogen-bond donors (Lipinski definition) is 4. The van der Waals surface area contributed by atoms with Crippen molar-refractivity contribution >= 4 is 72.8 Å². The Bertz CT molecular complexity index is 1790. The topological polar surface area (TPSA) is 207 Å². The van der Waals surface area contributed by atoms with E-state index in [1.54, 1.807) is 43.5 Å². The van der Waals surface area contributed by atoms with E-state index < -0.39 is 80.1 Å². The molecule has 1 spiro atoms. The number of amides is 3. The number of thiazole rings is 1. The van der Waals surface area contributed by atoms with Gasteiger partial charge in [-0.3, -0.25) is 24.0 Å². The molecular formula is C35H40N4O10S3. The molecule has 2 aromatic rings. The van der Waals surface area contributed by atoms with Gasteiger partial charge in [0.15, 0.2) is 11.9 Å². The number of aliphatic hydroxyl groups is 1.